The quantitative estimate of drug-likeness (QED) is 0.309. The van der Waals surface area contributed by atoms with Crippen LogP contribution in [0, 0.1) is 0 Å². The summed E-state index contributed by atoms with van der Waals surface area (Å²) in [5, 5.41) is 7.61. The first-order chi connectivity index (χ1) is 21.2. The molecule has 1 atom stereocenters. The minimum absolute atomic E-state index is 0.447. The second-order valence-corrected chi connectivity index (χ2v) is 10.9. The highest BCUT2D eigenvalue weighted by molar-refractivity contribution is 5.83. The van der Waals surface area contributed by atoms with E-state index in [0.29, 0.717) is 11.9 Å². The summed E-state index contributed by atoms with van der Waals surface area (Å²) in [7, 11) is 2.02. The van der Waals surface area contributed by atoms with Crippen molar-refractivity contribution in [3.05, 3.63) is 103 Å². The van der Waals surface area contributed by atoms with Crippen molar-refractivity contribution in [3.8, 4) is 22.9 Å². The molecule has 5 aromatic heterocycles. The number of fused-ring (bicyclic) bond motifs is 2. The van der Waals surface area contributed by atoms with Crippen LogP contribution in [0.4, 0.5) is 11.6 Å². The molecule has 1 aliphatic heterocycles. The third kappa shape index (κ3) is 5.32. The van der Waals surface area contributed by atoms with Crippen molar-refractivity contribution >= 4 is 22.8 Å². The lowest BCUT2D eigenvalue weighted by Crippen LogP contribution is -2.29. The molecular formula is C33H34N10. The zero-order valence-corrected chi connectivity index (χ0v) is 24.1. The summed E-state index contributed by atoms with van der Waals surface area (Å²) in [5.74, 6) is 3.02. The van der Waals surface area contributed by atoms with Crippen LogP contribution in [0.1, 0.15) is 24.0 Å². The molecule has 0 saturated carbocycles. The number of benzene rings is 1. The number of anilines is 2. The van der Waals surface area contributed by atoms with Crippen LogP contribution in [-0.4, -0.2) is 60.5 Å². The first-order valence-corrected chi connectivity index (χ1v) is 14.7. The second kappa shape index (κ2) is 11.7. The molecule has 10 heteroatoms. The van der Waals surface area contributed by atoms with Crippen LogP contribution in [-0.2, 0) is 12.8 Å². The van der Waals surface area contributed by atoms with Crippen molar-refractivity contribution in [2.45, 2.75) is 31.7 Å². The van der Waals surface area contributed by atoms with Crippen molar-refractivity contribution in [1.29, 1.82) is 0 Å². The number of aryl methyl sites for hydroxylation is 2. The Morgan fingerprint density at radius 2 is 1.77 bits per heavy atom. The van der Waals surface area contributed by atoms with Crippen LogP contribution in [0.3, 0.4) is 0 Å². The Bertz CT molecular complexity index is 1850. The number of imidazole rings is 1. The van der Waals surface area contributed by atoms with E-state index in [-0.39, 0.29) is 0 Å². The Kier molecular flexibility index (Phi) is 7.26. The predicted molar refractivity (Wildman–Crippen MR) is 170 cm³/mol. The molecule has 1 unspecified atom stereocenters. The zero-order chi connectivity index (χ0) is 29.2. The highest BCUT2D eigenvalue weighted by Crippen LogP contribution is 2.32. The van der Waals surface area contributed by atoms with Gasteiger partial charge in [0.25, 0.3) is 0 Å². The Labute approximate surface area is 250 Å². The average Bonchev–Trinajstić information content (AvgIpc) is 3.88. The molecule has 0 radical (unpaired) electrons. The molecule has 6 aromatic rings. The topological polar surface area (TPSA) is 116 Å². The summed E-state index contributed by atoms with van der Waals surface area (Å²) >= 11 is 0. The molecule has 2 aliphatic rings. The van der Waals surface area contributed by atoms with Gasteiger partial charge in [-0.2, -0.15) is 5.10 Å². The molecule has 216 valence electrons. The summed E-state index contributed by atoms with van der Waals surface area (Å²) in [4.78, 5) is 20.7. The molecule has 1 saturated heterocycles. The Balaban J connectivity index is 0.000000193. The first kappa shape index (κ1) is 26.8. The van der Waals surface area contributed by atoms with E-state index in [1.807, 2.05) is 61.9 Å². The Morgan fingerprint density at radius 1 is 0.860 bits per heavy atom. The summed E-state index contributed by atoms with van der Waals surface area (Å²) in [6.45, 7) is 2.19. The van der Waals surface area contributed by atoms with Gasteiger partial charge in [0.2, 0.25) is 0 Å². The summed E-state index contributed by atoms with van der Waals surface area (Å²) in [5.41, 5.74) is 12.4. The second-order valence-electron chi connectivity index (χ2n) is 10.9. The number of nitrogens with zero attached hydrogens (tertiary/aromatic N) is 8. The van der Waals surface area contributed by atoms with Crippen LogP contribution in [0.2, 0.25) is 0 Å². The molecule has 1 aromatic carbocycles. The number of nitrogen functional groups attached to an aromatic ring is 1. The molecular weight excluding hydrogens is 536 g/mol. The van der Waals surface area contributed by atoms with Gasteiger partial charge in [-0.1, -0.05) is 12.1 Å². The van der Waals surface area contributed by atoms with Gasteiger partial charge in [0.05, 0.1) is 5.56 Å². The van der Waals surface area contributed by atoms with E-state index in [1.165, 1.54) is 24.0 Å². The number of hydrogen-bond donors (Lipinski definition) is 2. The lowest BCUT2D eigenvalue weighted by atomic mass is 10.1. The average molecular weight is 571 g/mol. The highest BCUT2D eigenvalue weighted by atomic mass is 15.3. The fourth-order valence-corrected chi connectivity index (χ4v) is 5.95. The van der Waals surface area contributed by atoms with Crippen molar-refractivity contribution in [1.82, 2.24) is 39.6 Å². The summed E-state index contributed by atoms with van der Waals surface area (Å²) in [6.07, 6.45) is 11.8. The van der Waals surface area contributed by atoms with Crippen molar-refractivity contribution in [3.63, 3.8) is 0 Å². The number of aromatic nitrogens is 7. The molecule has 1 aliphatic carbocycles. The number of nitrogens with one attached hydrogen (secondary N) is 1. The molecule has 0 spiro atoms. The number of pyridine rings is 3. The van der Waals surface area contributed by atoms with E-state index in [0.717, 1.165) is 65.8 Å². The minimum atomic E-state index is 0.447. The van der Waals surface area contributed by atoms with Crippen molar-refractivity contribution in [2.24, 2.45) is 0 Å². The van der Waals surface area contributed by atoms with Crippen molar-refractivity contribution in [2.75, 3.05) is 30.8 Å². The van der Waals surface area contributed by atoms with Gasteiger partial charge in [0.15, 0.2) is 17.3 Å². The maximum absolute atomic E-state index is 6.22. The van der Waals surface area contributed by atoms with Gasteiger partial charge in [-0.05, 0) is 98.5 Å². The van der Waals surface area contributed by atoms with Crippen molar-refractivity contribution < 1.29 is 0 Å². The highest BCUT2D eigenvalue weighted by Gasteiger charge is 2.22. The van der Waals surface area contributed by atoms with Crippen LogP contribution in [0.25, 0.3) is 34.1 Å². The van der Waals surface area contributed by atoms with Gasteiger partial charge < -0.3 is 16.0 Å². The van der Waals surface area contributed by atoms with E-state index in [4.69, 9.17) is 15.7 Å². The maximum Gasteiger partial charge on any atom is 0.167 e. The normalized spacial score (nSPS) is 15.8. The maximum atomic E-state index is 6.22. The lowest BCUT2D eigenvalue weighted by molar-refractivity contribution is 0.616. The Hall–Kier alpha value is -5.09. The summed E-state index contributed by atoms with van der Waals surface area (Å²) in [6, 6.07) is 22.9. The minimum Gasteiger partial charge on any atom is -0.383 e. The van der Waals surface area contributed by atoms with Gasteiger partial charge in [-0.3, -0.25) is 4.57 Å². The number of likely N-dealkylation sites (N-methyl/N-ethyl adjacent to an activating group) is 1. The predicted octanol–water partition coefficient (Wildman–Crippen LogP) is 4.62. The first-order valence-electron chi connectivity index (χ1n) is 14.7. The van der Waals surface area contributed by atoms with Crippen LogP contribution >= 0.6 is 0 Å². The van der Waals surface area contributed by atoms with E-state index in [2.05, 4.69) is 54.1 Å². The van der Waals surface area contributed by atoms with Crippen LogP contribution < -0.4 is 16.0 Å². The number of hydrogen-bond acceptors (Lipinski definition) is 8. The molecule has 6 heterocycles. The van der Waals surface area contributed by atoms with Gasteiger partial charge in [-0.25, -0.2) is 24.6 Å². The fraction of sp³-hybridized carbons (Fsp3) is 0.242. The van der Waals surface area contributed by atoms with Crippen LogP contribution in [0.15, 0.2) is 91.5 Å². The van der Waals surface area contributed by atoms with Gasteiger partial charge in [-0.15, -0.1) is 0 Å². The van der Waals surface area contributed by atoms with E-state index >= 15 is 0 Å². The Morgan fingerprint density at radius 3 is 2.56 bits per heavy atom. The molecule has 1 fully saturated rings. The molecule has 0 amide bonds. The van der Waals surface area contributed by atoms with E-state index in [1.54, 1.807) is 17.1 Å². The van der Waals surface area contributed by atoms with Gasteiger partial charge >= 0.3 is 0 Å². The largest absolute Gasteiger partial charge is 0.383 e. The van der Waals surface area contributed by atoms with Gasteiger partial charge in [0.1, 0.15) is 17.2 Å². The monoisotopic (exact) mass is 570 g/mol. The summed E-state index contributed by atoms with van der Waals surface area (Å²) < 4.78 is 3.83. The number of rotatable bonds is 5. The smallest absolute Gasteiger partial charge is 0.167 e. The molecule has 8 rings (SSSR count). The van der Waals surface area contributed by atoms with E-state index < -0.39 is 0 Å². The third-order valence-electron chi connectivity index (χ3n) is 8.22. The molecule has 3 N–H and O–H groups in total. The van der Waals surface area contributed by atoms with Crippen LogP contribution in [0.5, 0.6) is 0 Å². The third-order valence-corrected chi connectivity index (χ3v) is 8.22. The zero-order valence-electron chi connectivity index (χ0n) is 24.1. The van der Waals surface area contributed by atoms with E-state index in [9.17, 15) is 0 Å². The van der Waals surface area contributed by atoms with Gasteiger partial charge in [0, 0.05) is 49.6 Å². The standard InChI is InChI=1S/C23H19N7.C10H15N3/c24-21-18(6-2-11-25-21)22-27-19-9-10-20(29-13-3-12-26-29)28-23(19)30(22)17-8-7-15-4-1-5-16(15)14-17;1-11-9-5-7-13(8-9)10-4-2-3-6-12-10/h2-3,6-14H,1,4-5H2,(H2,24,25);2-4,6,9,11H,5,7-8H2,1H3. The fourth-order valence-electron chi connectivity index (χ4n) is 5.95. The molecule has 0 bridgehead atoms. The molecule has 43 heavy (non-hydrogen) atoms. The molecule has 10 nitrogen and oxygen atoms in total. The SMILES string of the molecule is CNC1CCN(c2ccccn2)C1.Nc1ncccc1-c1nc2ccc(-n3cccn3)nc2n1-c1ccc2c(c1)CCC2. The lowest BCUT2D eigenvalue weighted by Gasteiger charge is -2.16. The number of nitrogens with two attached hydrogens (primary N) is 1.